The molecule has 0 aromatic heterocycles. The summed E-state index contributed by atoms with van der Waals surface area (Å²) in [5, 5.41) is 0. The van der Waals surface area contributed by atoms with Crippen molar-refractivity contribution in [2.75, 3.05) is 0 Å². The first kappa shape index (κ1) is 79.0. The Bertz CT molecular complexity index is 1120. The Hall–Kier alpha value is -2.42. The maximum Gasteiger partial charge on any atom is 0.129 e. The van der Waals surface area contributed by atoms with Crippen LogP contribution in [0.4, 0.5) is 0 Å². The molecule has 0 aliphatic heterocycles. The van der Waals surface area contributed by atoms with Crippen LogP contribution in [-0.4, -0.2) is 27.2 Å². The lowest BCUT2D eigenvalue weighted by Crippen LogP contribution is -2.22. The van der Waals surface area contributed by atoms with Crippen LogP contribution in [0.25, 0.3) is 0 Å². The number of carbonyl (C=O) groups excluding carboxylic acids is 4. The van der Waals surface area contributed by atoms with E-state index in [0.717, 1.165) is 11.5 Å². The highest BCUT2D eigenvalue weighted by molar-refractivity contribution is 7.10. The van der Waals surface area contributed by atoms with Crippen LogP contribution >= 0.6 is 18.9 Å². The van der Waals surface area contributed by atoms with Gasteiger partial charge in [-0.3, -0.25) is 0 Å². The number of rotatable bonds is 2. The van der Waals surface area contributed by atoms with E-state index in [2.05, 4.69) is 223 Å². The fourth-order valence-electron chi connectivity index (χ4n) is 4.61. The molecule has 0 spiro atoms. The number of hydrogen-bond acceptors (Lipinski definition) is 6. The minimum absolute atomic E-state index is 0. The summed E-state index contributed by atoms with van der Waals surface area (Å²) in [6.45, 7) is 65.5. The van der Waals surface area contributed by atoms with Gasteiger partial charge in [-0.2, -0.15) is 0 Å². The molecule has 8 heteroatoms. The van der Waals surface area contributed by atoms with Crippen LogP contribution in [0.15, 0.2) is 24.3 Å². The van der Waals surface area contributed by atoms with E-state index < -0.39 is 0 Å². The van der Waals surface area contributed by atoms with E-state index in [1.54, 1.807) is 0 Å². The van der Waals surface area contributed by atoms with Crippen LogP contribution in [-0.2, 0) is 51.7 Å². The van der Waals surface area contributed by atoms with Gasteiger partial charge in [0.1, 0.15) is 38.7 Å². The Balaban J connectivity index is -0.0000000878. The zero-order chi connectivity index (χ0) is 50.7. The summed E-state index contributed by atoms with van der Waals surface area (Å²) in [4.78, 5) is 32.0. The van der Waals surface area contributed by atoms with Crippen molar-refractivity contribution in [3.63, 3.8) is 0 Å². The molecule has 61 heavy (non-hydrogen) atoms. The predicted molar refractivity (Wildman–Crippen MR) is 285 cm³/mol. The van der Waals surface area contributed by atoms with E-state index in [4.69, 9.17) is 28.2 Å². The Labute approximate surface area is 387 Å². The maximum absolute atomic E-state index is 8.00. The molecule has 0 radical (unpaired) electrons. The second-order valence-electron chi connectivity index (χ2n) is 20.4. The lowest BCUT2D eigenvalue weighted by Gasteiger charge is -2.32. The van der Waals surface area contributed by atoms with E-state index in [1.807, 2.05) is 27.2 Å². The average Bonchev–Trinajstić information content (AvgIpc) is 3.13. The standard InChI is InChI=1S/2C18H31OP.4C3H8.4CH2O.CH4/c2*1-16(2,3)12-10-13(17(4,5)6)15(19-20)14(11-12)18(7,8)9;4*1-3-2;4*1-2;/h2*10-11H,20H2,1-9H3;4*3H2,1-2H3;4*1H2;1H4. The first-order valence-corrected chi connectivity index (χ1v) is 22.4. The summed E-state index contributed by atoms with van der Waals surface area (Å²) >= 11 is 0. The van der Waals surface area contributed by atoms with Crippen LogP contribution in [0.2, 0.25) is 0 Å². The lowest BCUT2D eigenvalue weighted by molar-refractivity contribution is -0.0987. The first-order valence-electron chi connectivity index (χ1n) is 21.5. The molecule has 0 fully saturated rings. The maximum atomic E-state index is 8.00. The molecule has 2 aromatic rings. The van der Waals surface area contributed by atoms with Crippen molar-refractivity contribution in [2.45, 2.75) is 246 Å². The Kier molecular flexibility index (Phi) is 52.3. The third kappa shape index (κ3) is 36.7. The van der Waals surface area contributed by atoms with Crippen molar-refractivity contribution >= 4 is 46.1 Å². The van der Waals surface area contributed by atoms with Crippen molar-refractivity contribution < 1.29 is 28.2 Å². The molecular formula is C53H106O6P2. The van der Waals surface area contributed by atoms with Gasteiger partial charge in [0.05, 0.1) is 18.9 Å². The van der Waals surface area contributed by atoms with Crippen LogP contribution in [0.3, 0.4) is 0 Å². The minimum atomic E-state index is 0. The van der Waals surface area contributed by atoms with Crippen LogP contribution in [0, 0.1) is 0 Å². The summed E-state index contributed by atoms with van der Waals surface area (Å²) in [5.41, 5.74) is 8.40. The van der Waals surface area contributed by atoms with E-state index in [0.29, 0.717) is 0 Å². The summed E-state index contributed by atoms with van der Waals surface area (Å²) in [7, 11) is 4.85. The Morgan fingerprint density at radius 3 is 0.525 bits per heavy atom. The summed E-state index contributed by atoms with van der Waals surface area (Å²) in [6.07, 6.45) is 5.00. The smallest absolute Gasteiger partial charge is 0.129 e. The van der Waals surface area contributed by atoms with Crippen molar-refractivity contribution in [3.8, 4) is 11.5 Å². The second kappa shape index (κ2) is 40.4. The molecule has 0 N–H and O–H groups in total. The number of hydrogen-bond donors (Lipinski definition) is 0. The molecule has 2 atom stereocenters. The lowest BCUT2D eigenvalue weighted by atomic mass is 9.75. The van der Waals surface area contributed by atoms with Gasteiger partial charge in [0.2, 0.25) is 0 Å². The molecule has 2 unspecified atom stereocenters. The second-order valence-corrected chi connectivity index (χ2v) is 20.8. The molecular weight excluding hydrogens is 795 g/mol. The summed E-state index contributed by atoms with van der Waals surface area (Å²) in [6, 6.07) is 9.26. The number of benzene rings is 2. The first-order chi connectivity index (χ1) is 27.2. The predicted octanol–water partition coefficient (Wildman–Crippen LogP) is 17.1. The topological polar surface area (TPSA) is 86.7 Å². The van der Waals surface area contributed by atoms with Gasteiger partial charge in [-0.25, -0.2) is 0 Å². The zero-order valence-electron chi connectivity index (χ0n) is 44.6. The highest BCUT2D eigenvalue weighted by Crippen LogP contribution is 2.45. The zero-order valence-corrected chi connectivity index (χ0v) is 46.9. The van der Waals surface area contributed by atoms with E-state index in [9.17, 15) is 0 Å². The van der Waals surface area contributed by atoms with Gasteiger partial charge in [-0.15, -0.1) is 0 Å². The SMILES string of the molecule is C.C=O.C=O.C=O.C=O.CC(C)(C)c1cc(C(C)(C)C)c(OP)c(C(C)(C)C)c1.CC(C)(C)c1cc(C(C)(C)C)c(OP)c(C(C)(C)C)c1.CCC.CCC.CCC.CCC. The van der Waals surface area contributed by atoms with Crippen LogP contribution in [0.1, 0.15) is 247 Å². The highest BCUT2D eigenvalue weighted by Gasteiger charge is 2.31. The van der Waals surface area contributed by atoms with Gasteiger partial charge in [0.25, 0.3) is 0 Å². The Morgan fingerprint density at radius 2 is 0.459 bits per heavy atom. The normalized spacial score (nSPS) is 10.3. The molecule has 0 amide bonds. The van der Waals surface area contributed by atoms with Crippen LogP contribution in [0.5, 0.6) is 11.5 Å². The summed E-state index contributed by atoms with van der Waals surface area (Å²) < 4.78 is 11.4. The fourth-order valence-corrected chi connectivity index (χ4v) is 5.11. The van der Waals surface area contributed by atoms with Gasteiger partial charge in [-0.05, 0) is 43.6 Å². The molecule has 2 aromatic carbocycles. The van der Waals surface area contributed by atoms with E-state index in [-0.39, 0.29) is 39.9 Å². The molecule has 0 heterocycles. The van der Waals surface area contributed by atoms with Crippen molar-refractivity contribution in [2.24, 2.45) is 0 Å². The Morgan fingerprint density at radius 1 is 0.344 bits per heavy atom. The van der Waals surface area contributed by atoms with Gasteiger partial charge in [0.15, 0.2) is 0 Å². The van der Waals surface area contributed by atoms with Crippen LogP contribution < -0.4 is 9.05 Å². The third-order valence-corrected chi connectivity index (χ3v) is 7.85. The summed E-state index contributed by atoms with van der Waals surface area (Å²) in [5.74, 6) is 2.03. The van der Waals surface area contributed by atoms with Crippen molar-refractivity contribution in [1.29, 1.82) is 0 Å². The molecule has 0 saturated carbocycles. The average molecular weight is 901 g/mol. The highest BCUT2D eigenvalue weighted by atomic mass is 31.0. The van der Waals surface area contributed by atoms with Gasteiger partial charge in [-0.1, -0.05) is 237 Å². The third-order valence-electron chi connectivity index (χ3n) is 7.38. The van der Waals surface area contributed by atoms with Gasteiger partial charge < -0.3 is 28.2 Å². The largest absolute Gasteiger partial charge is 0.480 e. The number of carbonyl (C=O) groups is 4. The van der Waals surface area contributed by atoms with E-state index >= 15 is 0 Å². The quantitative estimate of drug-likeness (QED) is 0.279. The molecule has 6 nitrogen and oxygen atoms in total. The molecule has 364 valence electrons. The molecule has 0 aliphatic rings. The molecule has 0 saturated heterocycles. The fraction of sp³-hybridized carbons (Fsp3) is 0.698. The molecule has 0 bridgehead atoms. The van der Waals surface area contributed by atoms with Gasteiger partial charge in [0, 0.05) is 22.3 Å². The van der Waals surface area contributed by atoms with E-state index in [1.165, 1.54) is 59.1 Å². The van der Waals surface area contributed by atoms with Gasteiger partial charge >= 0.3 is 0 Å². The van der Waals surface area contributed by atoms with Crippen molar-refractivity contribution in [1.82, 2.24) is 0 Å². The minimum Gasteiger partial charge on any atom is -0.480 e. The molecule has 2 rings (SSSR count). The monoisotopic (exact) mass is 901 g/mol. The molecule has 0 aliphatic carbocycles. The van der Waals surface area contributed by atoms with Crippen molar-refractivity contribution in [3.05, 3.63) is 57.6 Å².